The Morgan fingerprint density at radius 1 is 1.32 bits per heavy atom. The number of ketones is 1. The van der Waals surface area contributed by atoms with Gasteiger partial charge in [-0.15, -0.1) is 0 Å². The summed E-state index contributed by atoms with van der Waals surface area (Å²) in [6.45, 7) is 0. The first-order chi connectivity index (χ1) is 10.6. The van der Waals surface area contributed by atoms with Gasteiger partial charge in [0.2, 0.25) is 0 Å². The van der Waals surface area contributed by atoms with E-state index < -0.39 is 17.6 Å². The van der Waals surface area contributed by atoms with Crippen LogP contribution in [0.3, 0.4) is 0 Å². The lowest BCUT2D eigenvalue weighted by atomic mass is 9.60. The number of Topliss-reactive ketones (excluding diaryl/α,β-unsaturated/α-hetero) is 1. The number of hydrogen-bond donors (Lipinski definition) is 2. The van der Waals surface area contributed by atoms with Crippen LogP contribution >= 0.6 is 0 Å². The van der Waals surface area contributed by atoms with Gasteiger partial charge in [-0.2, -0.15) is 0 Å². The van der Waals surface area contributed by atoms with Gasteiger partial charge in [-0.25, -0.2) is 0 Å². The molecule has 0 saturated heterocycles. The molecule has 22 heavy (non-hydrogen) atoms. The number of benzene rings is 1. The second-order valence-electron chi connectivity index (χ2n) is 6.30. The minimum Gasteiger partial charge on any atom is -0.497 e. The van der Waals surface area contributed by atoms with Crippen molar-refractivity contribution >= 4 is 5.78 Å². The normalized spacial score (nSPS) is 31.1. The van der Waals surface area contributed by atoms with Gasteiger partial charge >= 0.3 is 0 Å². The third kappa shape index (κ3) is 2.46. The van der Waals surface area contributed by atoms with E-state index in [1.54, 1.807) is 25.3 Å². The molecule has 1 aromatic rings. The van der Waals surface area contributed by atoms with E-state index in [2.05, 4.69) is 0 Å². The van der Waals surface area contributed by atoms with E-state index in [4.69, 9.17) is 4.74 Å². The maximum atomic E-state index is 13.2. The Morgan fingerprint density at radius 3 is 2.91 bits per heavy atom. The summed E-state index contributed by atoms with van der Waals surface area (Å²) in [6, 6.07) is 7.17. The van der Waals surface area contributed by atoms with Gasteiger partial charge in [0.1, 0.15) is 5.75 Å². The molecule has 4 heteroatoms. The molecule has 0 spiro atoms. The van der Waals surface area contributed by atoms with E-state index in [1.165, 1.54) is 0 Å². The standard InChI is InChI=1S/C18H22O4/c1-22-14-7-4-5-12(9-14)17(21)18-8-3-2-6-13(18)10-15(19)16(20)11-18/h4-5,7,9-10,15-16,19-20H,2-3,6,8,11H2,1H3/t15?,16?,18-/m1/s1. The molecule has 0 amide bonds. The Morgan fingerprint density at radius 2 is 2.14 bits per heavy atom. The van der Waals surface area contributed by atoms with Crippen LogP contribution in [-0.2, 0) is 0 Å². The van der Waals surface area contributed by atoms with Gasteiger partial charge in [-0.05, 0) is 37.8 Å². The van der Waals surface area contributed by atoms with Crippen molar-refractivity contribution in [2.75, 3.05) is 7.11 Å². The first-order valence-corrected chi connectivity index (χ1v) is 7.83. The van der Waals surface area contributed by atoms with Crippen LogP contribution in [0.25, 0.3) is 0 Å². The lowest BCUT2D eigenvalue weighted by Crippen LogP contribution is -2.45. The maximum absolute atomic E-state index is 13.2. The molecule has 0 aromatic heterocycles. The second kappa shape index (κ2) is 5.86. The number of fused-ring (bicyclic) bond motifs is 1. The van der Waals surface area contributed by atoms with E-state index in [0.717, 1.165) is 31.3 Å². The fourth-order valence-electron chi connectivity index (χ4n) is 3.81. The summed E-state index contributed by atoms with van der Waals surface area (Å²) >= 11 is 0. The molecule has 4 nitrogen and oxygen atoms in total. The molecule has 1 aromatic carbocycles. The zero-order valence-corrected chi connectivity index (χ0v) is 12.8. The first-order valence-electron chi connectivity index (χ1n) is 7.83. The molecule has 0 aliphatic heterocycles. The van der Waals surface area contributed by atoms with Crippen LogP contribution in [0.15, 0.2) is 35.9 Å². The number of ether oxygens (including phenoxy) is 1. The van der Waals surface area contributed by atoms with E-state index in [-0.39, 0.29) is 5.78 Å². The van der Waals surface area contributed by atoms with Crippen molar-refractivity contribution < 1.29 is 19.7 Å². The zero-order chi connectivity index (χ0) is 15.7. The number of rotatable bonds is 3. The number of carbonyl (C=O) groups excluding carboxylic acids is 1. The average molecular weight is 302 g/mol. The Hall–Kier alpha value is -1.65. The summed E-state index contributed by atoms with van der Waals surface area (Å²) < 4.78 is 5.21. The molecular weight excluding hydrogens is 280 g/mol. The maximum Gasteiger partial charge on any atom is 0.173 e. The van der Waals surface area contributed by atoms with Crippen LogP contribution in [0, 0.1) is 5.41 Å². The van der Waals surface area contributed by atoms with Crippen LogP contribution < -0.4 is 4.74 Å². The largest absolute Gasteiger partial charge is 0.497 e. The average Bonchev–Trinajstić information content (AvgIpc) is 2.55. The van der Waals surface area contributed by atoms with Crippen molar-refractivity contribution in [2.24, 2.45) is 5.41 Å². The van der Waals surface area contributed by atoms with Crippen LogP contribution in [0.1, 0.15) is 42.5 Å². The van der Waals surface area contributed by atoms with Crippen molar-refractivity contribution in [3.8, 4) is 5.75 Å². The molecule has 3 atom stereocenters. The number of aliphatic hydroxyl groups is 2. The summed E-state index contributed by atoms with van der Waals surface area (Å²) in [5, 5.41) is 20.0. The van der Waals surface area contributed by atoms with Crippen molar-refractivity contribution in [2.45, 2.75) is 44.3 Å². The highest BCUT2D eigenvalue weighted by Gasteiger charge is 2.48. The lowest BCUT2D eigenvalue weighted by molar-refractivity contribution is 0.00240. The molecule has 2 aliphatic rings. The van der Waals surface area contributed by atoms with Gasteiger partial charge < -0.3 is 14.9 Å². The Kier molecular flexibility index (Phi) is 4.06. The third-order valence-electron chi connectivity index (χ3n) is 5.00. The van der Waals surface area contributed by atoms with Crippen molar-refractivity contribution in [1.82, 2.24) is 0 Å². The van der Waals surface area contributed by atoms with Crippen LogP contribution in [-0.4, -0.2) is 35.3 Å². The highest BCUT2D eigenvalue weighted by molar-refractivity contribution is 6.03. The molecule has 0 bridgehead atoms. The van der Waals surface area contributed by atoms with E-state index >= 15 is 0 Å². The first kappa shape index (κ1) is 15.3. The topological polar surface area (TPSA) is 66.8 Å². The molecule has 2 N–H and O–H groups in total. The molecule has 2 aliphatic carbocycles. The fraction of sp³-hybridized carbons (Fsp3) is 0.500. The summed E-state index contributed by atoms with van der Waals surface area (Å²) in [5.74, 6) is 0.684. The number of carbonyl (C=O) groups is 1. The predicted molar refractivity (Wildman–Crippen MR) is 82.9 cm³/mol. The smallest absolute Gasteiger partial charge is 0.173 e. The molecule has 3 rings (SSSR count). The molecule has 1 saturated carbocycles. The highest BCUT2D eigenvalue weighted by atomic mass is 16.5. The van der Waals surface area contributed by atoms with Crippen LogP contribution in [0.5, 0.6) is 5.75 Å². The summed E-state index contributed by atoms with van der Waals surface area (Å²) in [4.78, 5) is 13.2. The summed E-state index contributed by atoms with van der Waals surface area (Å²) in [6.07, 6.45) is 3.81. The number of hydrogen-bond acceptors (Lipinski definition) is 4. The molecule has 0 heterocycles. The number of aliphatic hydroxyl groups excluding tert-OH is 2. The molecule has 2 unspecified atom stereocenters. The fourth-order valence-corrected chi connectivity index (χ4v) is 3.81. The van der Waals surface area contributed by atoms with E-state index in [9.17, 15) is 15.0 Å². The molecule has 118 valence electrons. The molecular formula is C18H22O4. The van der Waals surface area contributed by atoms with Gasteiger partial charge in [0, 0.05) is 5.56 Å². The van der Waals surface area contributed by atoms with Crippen LogP contribution in [0.4, 0.5) is 0 Å². The van der Waals surface area contributed by atoms with Gasteiger partial charge in [0.25, 0.3) is 0 Å². The second-order valence-corrected chi connectivity index (χ2v) is 6.30. The Balaban J connectivity index is 2.02. The quantitative estimate of drug-likeness (QED) is 0.665. The molecule has 1 fully saturated rings. The Bertz CT molecular complexity index is 607. The molecule has 0 radical (unpaired) electrons. The Labute approximate surface area is 130 Å². The summed E-state index contributed by atoms with van der Waals surface area (Å²) in [5.41, 5.74) is 0.934. The zero-order valence-electron chi connectivity index (χ0n) is 12.8. The minimum absolute atomic E-state index is 0.0308. The van der Waals surface area contributed by atoms with Gasteiger partial charge in [-0.1, -0.05) is 30.2 Å². The highest BCUT2D eigenvalue weighted by Crippen LogP contribution is 2.49. The number of methoxy groups -OCH3 is 1. The third-order valence-corrected chi connectivity index (χ3v) is 5.00. The van der Waals surface area contributed by atoms with E-state index in [0.29, 0.717) is 17.7 Å². The lowest BCUT2D eigenvalue weighted by Gasteiger charge is -2.44. The van der Waals surface area contributed by atoms with Gasteiger partial charge in [-0.3, -0.25) is 4.79 Å². The van der Waals surface area contributed by atoms with Crippen LogP contribution in [0.2, 0.25) is 0 Å². The van der Waals surface area contributed by atoms with Crippen molar-refractivity contribution in [3.05, 3.63) is 41.5 Å². The monoisotopic (exact) mass is 302 g/mol. The van der Waals surface area contributed by atoms with Gasteiger partial charge in [0.15, 0.2) is 5.78 Å². The van der Waals surface area contributed by atoms with Crippen molar-refractivity contribution in [1.29, 1.82) is 0 Å². The number of allylic oxidation sites excluding steroid dienone is 1. The van der Waals surface area contributed by atoms with Gasteiger partial charge in [0.05, 0.1) is 24.7 Å². The summed E-state index contributed by atoms with van der Waals surface area (Å²) in [7, 11) is 1.58. The predicted octanol–water partition coefficient (Wildman–Crippen LogP) is 2.49. The SMILES string of the molecule is COc1cccc(C(=O)[C@@]23CCCCC2=CC(O)C(O)C3)c1. The minimum atomic E-state index is -0.878. The van der Waals surface area contributed by atoms with E-state index in [1.807, 2.05) is 12.1 Å². The van der Waals surface area contributed by atoms with Crippen molar-refractivity contribution in [3.63, 3.8) is 0 Å².